The van der Waals surface area contributed by atoms with E-state index < -0.39 is 5.60 Å². The lowest BCUT2D eigenvalue weighted by molar-refractivity contribution is 0.0252. The number of nitrogens with one attached hydrogen (secondary N) is 1. The molecule has 1 aromatic heterocycles. The number of methoxy groups -OCH3 is 1. The van der Waals surface area contributed by atoms with Crippen molar-refractivity contribution in [2.75, 3.05) is 20.2 Å². The Morgan fingerprint density at radius 2 is 2.13 bits per heavy atom. The third kappa shape index (κ3) is 4.72. The number of rotatable bonds is 5. The molecule has 1 aliphatic heterocycles. The van der Waals surface area contributed by atoms with Gasteiger partial charge < -0.3 is 24.3 Å². The Morgan fingerprint density at radius 3 is 2.74 bits per heavy atom. The first kappa shape index (κ1) is 17.8. The molecule has 1 amide bonds. The van der Waals surface area contributed by atoms with Crippen molar-refractivity contribution in [2.24, 2.45) is 0 Å². The molecule has 1 N–H and O–H groups in total. The van der Waals surface area contributed by atoms with Crippen molar-refractivity contribution in [1.82, 2.24) is 14.8 Å². The van der Waals surface area contributed by atoms with Gasteiger partial charge in [0.1, 0.15) is 5.60 Å². The van der Waals surface area contributed by atoms with Crippen molar-refractivity contribution in [3.8, 4) is 0 Å². The highest BCUT2D eigenvalue weighted by Gasteiger charge is 2.37. The van der Waals surface area contributed by atoms with Crippen molar-refractivity contribution in [1.29, 1.82) is 0 Å². The maximum absolute atomic E-state index is 12.2. The summed E-state index contributed by atoms with van der Waals surface area (Å²) in [6, 6.07) is 4.27. The van der Waals surface area contributed by atoms with E-state index >= 15 is 0 Å². The SMILES string of the molecule is CCn1cccc1CNC1CN(C(=O)OC(C)(C)C)C[C@@H]1OC. The molecule has 23 heavy (non-hydrogen) atoms. The molecule has 0 radical (unpaired) electrons. The van der Waals surface area contributed by atoms with E-state index in [0.29, 0.717) is 13.1 Å². The molecule has 6 nitrogen and oxygen atoms in total. The van der Waals surface area contributed by atoms with Crippen LogP contribution in [0, 0.1) is 0 Å². The van der Waals surface area contributed by atoms with Gasteiger partial charge in [-0.1, -0.05) is 0 Å². The van der Waals surface area contributed by atoms with Gasteiger partial charge in [0, 0.05) is 38.6 Å². The predicted molar refractivity (Wildman–Crippen MR) is 89.3 cm³/mol. The van der Waals surface area contributed by atoms with Gasteiger partial charge in [0.15, 0.2) is 0 Å². The Morgan fingerprint density at radius 1 is 1.39 bits per heavy atom. The molecule has 0 spiro atoms. The fraction of sp³-hybridized carbons (Fsp3) is 0.706. The lowest BCUT2D eigenvalue weighted by Gasteiger charge is -2.24. The molecule has 1 fully saturated rings. The molecule has 130 valence electrons. The summed E-state index contributed by atoms with van der Waals surface area (Å²) in [6.07, 6.45) is 1.78. The molecule has 0 saturated carbocycles. The van der Waals surface area contributed by atoms with Crippen molar-refractivity contribution >= 4 is 6.09 Å². The van der Waals surface area contributed by atoms with Gasteiger partial charge in [-0.3, -0.25) is 0 Å². The number of ether oxygens (including phenoxy) is 2. The van der Waals surface area contributed by atoms with Crippen LogP contribution in [0.3, 0.4) is 0 Å². The third-order valence-electron chi connectivity index (χ3n) is 4.03. The van der Waals surface area contributed by atoms with Gasteiger partial charge in [0.2, 0.25) is 0 Å². The first-order valence-electron chi connectivity index (χ1n) is 8.22. The van der Waals surface area contributed by atoms with Crippen LogP contribution in [0.15, 0.2) is 18.3 Å². The first-order valence-corrected chi connectivity index (χ1v) is 8.22. The number of hydrogen-bond acceptors (Lipinski definition) is 4. The average molecular weight is 323 g/mol. The van der Waals surface area contributed by atoms with E-state index in [1.165, 1.54) is 5.69 Å². The molecule has 0 bridgehead atoms. The highest BCUT2D eigenvalue weighted by molar-refractivity contribution is 5.68. The molecule has 1 aromatic rings. The molecule has 2 heterocycles. The summed E-state index contributed by atoms with van der Waals surface area (Å²) in [5.41, 5.74) is 0.755. The Labute approximate surface area is 138 Å². The van der Waals surface area contributed by atoms with Crippen LogP contribution in [-0.4, -0.2) is 53.5 Å². The maximum atomic E-state index is 12.2. The topological polar surface area (TPSA) is 55.7 Å². The minimum absolute atomic E-state index is 0.0208. The summed E-state index contributed by atoms with van der Waals surface area (Å²) in [7, 11) is 1.69. The van der Waals surface area contributed by atoms with Gasteiger partial charge in [-0.15, -0.1) is 0 Å². The van der Waals surface area contributed by atoms with Crippen molar-refractivity contribution in [3.05, 3.63) is 24.0 Å². The van der Waals surface area contributed by atoms with E-state index in [4.69, 9.17) is 9.47 Å². The summed E-state index contributed by atoms with van der Waals surface area (Å²) in [6.45, 7) is 10.6. The molecular formula is C17H29N3O3. The van der Waals surface area contributed by atoms with E-state index in [0.717, 1.165) is 13.1 Å². The first-order chi connectivity index (χ1) is 10.8. The Kier molecular flexibility index (Phi) is 5.70. The Hall–Kier alpha value is -1.53. The summed E-state index contributed by atoms with van der Waals surface area (Å²) in [5.74, 6) is 0. The van der Waals surface area contributed by atoms with Crippen molar-refractivity contribution < 1.29 is 14.3 Å². The van der Waals surface area contributed by atoms with E-state index in [-0.39, 0.29) is 18.2 Å². The second-order valence-electron chi connectivity index (χ2n) is 6.93. The van der Waals surface area contributed by atoms with Gasteiger partial charge in [-0.05, 0) is 39.8 Å². The Balaban J connectivity index is 1.93. The average Bonchev–Trinajstić information content (AvgIpc) is 3.09. The smallest absolute Gasteiger partial charge is 0.410 e. The van der Waals surface area contributed by atoms with Gasteiger partial charge in [0.25, 0.3) is 0 Å². The third-order valence-corrected chi connectivity index (χ3v) is 4.03. The molecule has 1 unspecified atom stereocenters. The summed E-state index contributed by atoms with van der Waals surface area (Å²) < 4.78 is 13.2. The summed E-state index contributed by atoms with van der Waals surface area (Å²) in [5, 5.41) is 3.51. The number of hydrogen-bond donors (Lipinski definition) is 1. The van der Waals surface area contributed by atoms with E-state index in [1.807, 2.05) is 20.8 Å². The van der Waals surface area contributed by atoms with Crippen LogP contribution in [0.25, 0.3) is 0 Å². The van der Waals surface area contributed by atoms with Crippen LogP contribution in [0.5, 0.6) is 0 Å². The molecule has 0 aromatic carbocycles. The summed E-state index contributed by atoms with van der Waals surface area (Å²) >= 11 is 0. The van der Waals surface area contributed by atoms with E-state index in [9.17, 15) is 4.79 Å². The van der Waals surface area contributed by atoms with Crippen LogP contribution in [0.2, 0.25) is 0 Å². The van der Waals surface area contributed by atoms with Crippen LogP contribution in [0.4, 0.5) is 4.79 Å². The Bertz CT molecular complexity index is 521. The predicted octanol–water partition coefficient (Wildman–Crippen LogP) is 2.23. The molecule has 2 atom stereocenters. The van der Waals surface area contributed by atoms with Crippen LogP contribution in [0.1, 0.15) is 33.4 Å². The van der Waals surface area contributed by atoms with Crippen LogP contribution < -0.4 is 5.32 Å². The highest BCUT2D eigenvalue weighted by atomic mass is 16.6. The molecule has 0 aliphatic carbocycles. The molecular weight excluding hydrogens is 294 g/mol. The normalized spacial score (nSPS) is 21.7. The number of nitrogens with zero attached hydrogens (tertiary/aromatic N) is 2. The number of aromatic nitrogens is 1. The van der Waals surface area contributed by atoms with Crippen molar-refractivity contribution in [3.63, 3.8) is 0 Å². The molecule has 2 rings (SSSR count). The number of carbonyl (C=O) groups excluding carboxylic acids is 1. The zero-order chi connectivity index (χ0) is 17.0. The van der Waals surface area contributed by atoms with Gasteiger partial charge >= 0.3 is 6.09 Å². The van der Waals surface area contributed by atoms with Crippen molar-refractivity contribution in [2.45, 2.75) is 58.5 Å². The van der Waals surface area contributed by atoms with Gasteiger partial charge in [-0.2, -0.15) is 0 Å². The maximum Gasteiger partial charge on any atom is 0.410 e. The van der Waals surface area contributed by atoms with Gasteiger partial charge in [0.05, 0.1) is 18.7 Å². The fourth-order valence-corrected chi connectivity index (χ4v) is 2.84. The second-order valence-corrected chi connectivity index (χ2v) is 6.93. The second kappa shape index (κ2) is 7.36. The monoisotopic (exact) mass is 323 g/mol. The lowest BCUT2D eigenvalue weighted by Crippen LogP contribution is -2.40. The van der Waals surface area contributed by atoms with Crippen LogP contribution in [-0.2, 0) is 22.6 Å². The number of likely N-dealkylation sites (tertiary alicyclic amines) is 1. The number of aryl methyl sites for hydroxylation is 1. The minimum atomic E-state index is -0.479. The summed E-state index contributed by atoms with van der Waals surface area (Å²) in [4.78, 5) is 13.9. The molecule has 1 saturated heterocycles. The standard InChI is InChI=1S/C17H29N3O3/c1-6-19-9-7-8-13(19)10-18-14-11-20(12-15(14)22-5)16(21)23-17(2,3)4/h7-9,14-15,18H,6,10-12H2,1-5H3/t14?,15-/m0/s1. The van der Waals surface area contributed by atoms with E-state index in [2.05, 4.69) is 35.1 Å². The largest absolute Gasteiger partial charge is 0.444 e. The quantitative estimate of drug-likeness (QED) is 0.903. The van der Waals surface area contributed by atoms with Crippen LogP contribution >= 0.6 is 0 Å². The lowest BCUT2D eigenvalue weighted by atomic mass is 10.2. The molecule has 6 heteroatoms. The molecule has 1 aliphatic rings. The zero-order valence-electron chi connectivity index (χ0n) is 14.8. The van der Waals surface area contributed by atoms with Gasteiger partial charge in [-0.25, -0.2) is 4.79 Å². The zero-order valence-corrected chi connectivity index (χ0v) is 14.8. The fourth-order valence-electron chi connectivity index (χ4n) is 2.84. The minimum Gasteiger partial charge on any atom is -0.444 e. The number of amides is 1. The highest BCUT2D eigenvalue weighted by Crippen LogP contribution is 2.18. The number of carbonyl (C=O) groups is 1. The van der Waals surface area contributed by atoms with E-state index in [1.54, 1.807) is 12.0 Å².